The Kier molecular flexibility index (Phi) is 20.5. The summed E-state index contributed by atoms with van der Waals surface area (Å²) in [6, 6.07) is 18.0. The van der Waals surface area contributed by atoms with Gasteiger partial charge in [-0.15, -0.1) is 0 Å². The van der Waals surface area contributed by atoms with E-state index in [1.165, 1.54) is 0 Å². The average molecular weight is 1180 g/mol. The summed E-state index contributed by atoms with van der Waals surface area (Å²) < 4.78 is 1.65. The zero-order chi connectivity index (χ0) is 51.0. The maximum absolute atomic E-state index is 3.26. The fraction of sp³-hybridized carbons (Fsp3) is 0.593. The molecule has 14 heteroatoms. The van der Waals surface area contributed by atoms with Gasteiger partial charge in [0.1, 0.15) is 0 Å². The third-order valence-electron chi connectivity index (χ3n) is 15.5. The van der Waals surface area contributed by atoms with Gasteiger partial charge >= 0.3 is 430 Å². The van der Waals surface area contributed by atoms with Gasteiger partial charge in [0.2, 0.25) is 0 Å². The Morgan fingerprint density at radius 1 is 0.279 bits per heavy atom. The molecule has 4 rings (SSSR count). The van der Waals surface area contributed by atoms with Crippen LogP contribution in [0.3, 0.4) is 0 Å². The van der Waals surface area contributed by atoms with Gasteiger partial charge in [0.05, 0.1) is 0 Å². The maximum Gasteiger partial charge on any atom is -1.00 e. The van der Waals surface area contributed by atoms with Gasteiger partial charge in [0, 0.05) is 0 Å². The minimum atomic E-state index is -3.26. The summed E-state index contributed by atoms with van der Waals surface area (Å²) in [6.45, 7) is 82.8. The van der Waals surface area contributed by atoms with Crippen LogP contribution >= 0.6 is 0 Å². The van der Waals surface area contributed by atoms with Crippen molar-refractivity contribution < 1.29 is 57.7 Å². The Morgan fingerprint density at radius 3 is 0.559 bits per heavy atom. The molecule has 3 aromatic rings. The predicted octanol–water partition coefficient (Wildman–Crippen LogP) is 1.01. The smallest absolute Gasteiger partial charge is 1.00 e. The molecule has 0 saturated carbocycles. The molecular formula is C54H99Cl3Si10Ti. The van der Waals surface area contributed by atoms with Crippen LogP contribution in [0.5, 0.6) is 0 Å². The molecule has 0 amide bonds. The maximum atomic E-state index is 3.05. The predicted molar refractivity (Wildman–Crippen MR) is 330 cm³/mol. The number of halogens is 3. The van der Waals surface area contributed by atoms with Gasteiger partial charge in [-0.2, -0.15) is 0 Å². The summed E-state index contributed by atoms with van der Waals surface area (Å²) in [5.41, 5.74) is 4.76. The van der Waals surface area contributed by atoms with Crippen molar-refractivity contribution >= 4 is 143 Å². The molecule has 0 spiro atoms. The molecule has 0 aliphatic heterocycles. The van der Waals surface area contributed by atoms with Crippen LogP contribution in [0.1, 0.15) is 27.7 Å². The van der Waals surface area contributed by atoms with E-state index in [1.807, 2.05) is 15.6 Å². The Morgan fingerprint density at radius 2 is 0.426 bits per heavy atom. The van der Waals surface area contributed by atoms with E-state index in [9.17, 15) is 0 Å². The van der Waals surface area contributed by atoms with E-state index in [-0.39, 0.29) is 42.3 Å². The fourth-order valence-electron chi connectivity index (χ4n) is 11.4. The summed E-state index contributed by atoms with van der Waals surface area (Å²) in [4.78, 5) is 0. The van der Waals surface area contributed by atoms with E-state index < -0.39 is 80.7 Å². The molecule has 1 atom stereocenters. The molecule has 3 aromatic carbocycles. The SMILES string of the molecule is CC1=C(C)C(C)([Si](c2cc([Si](C)(C)C)c([Si](C)(C)C)cc2[Si](C)(C)C)(c2cc([Si](C)(C)C)c([Si](C)(C)C)cc2[Si](C)(C)C)c2cc([Si](C)(C)C)c([Si](C)(C)C)cc2[Si](C)(C)C)[C]([Ti+3])=C1C.[Cl-].[Cl-].[Cl-]. The van der Waals surface area contributed by atoms with Crippen molar-refractivity contribution in [3.63, 3.8) is 0 Å². The van der Waals surface area contributed by atoms with E-state index in [4.69, 9.17) is 0 Å². The number of allylic oxidation sites excluding steroid dienone is 4. The summed E-state index contributed by atoms with van der Waals surface area (Å²) in [6.07, 6.45) is 0. The van der Waals surface area contributed by atoms with Gasteiger partial charge in [0.25, 0.3) is 0 Å². The van der Waals surface area contributed by atoms with Crippen molar-refractivity contribution in [2.45, 2.75) is 210 Å². The Balaban J connectivity index is 0.00000771. The molecule has 0 nitrogen and oxygen atoms in total. The van der Waals surface area contributed by atoms with Crippen LogP contribution in [-0.4, -0.2) is 80.7 Å². The Hall–Kier alpha value is 0.893. The summed E-state index contributed by atoms with van der Waals surface area (Å²) in [5, 5.41) is 21.2. The molecule has 1 aliphatic rings. The molecule has 0 saturated heterocycles. The number of rotatable bonds is 13. The molecule has 0 fully saturated rings. The fourth-order valence-corrected chi connectivity index (χ4v) is 45.0. The van der Waals surface area contributed by atoms with Crippen molar-refractivity contribution in [2.75, 3.05) is 0 Å². The van der Waals surface area contributed by atoms with Crippen LogP contribution in [0, 0.1) is 0 Å². The molecule has 0 heterocycles. The molecule has 0 bridgehead atoms. The normalized spacial score (nSPS) is 17.3. The van der Waals surface area contributed by atoms with Gasteiger partial charge in [-0.1, -0.05) is 0 Å². The van der Waals surface area contributed by atoms with Gasteiger partial charge in [-0.25, -0.2) is 0 Å². The first kappa shape index (κ1) is 66.9. The second kappa shape index (κ2) is 20.8. The van der Waals surface area contributed by atoms with Crippen LogP contribution in [0.15, 0.2) is 57.0 Å². The summed E-state index contributed by atoms with van der Waals surface area (Å²) >= 11 is 2.62. The standard InChI is InChI=1S/C54H99Si10.3ClH.Ti/c1-39-38-54(4,41(3)40(39)2)64(51-35-45(58(14,15)16)42(55(5,6)7)32-48(51)61(23,24)25,52-36-46(59(17,18)19)43(56(8,9)10)33-49(52)62(26,27)28)53-37-47(60(20,21)22)44(57(11,12)13)34-50(53)63(29,30)31;;;;/h32-37H,1-31H3;3*1H;/q;;;;+3/p-3. The summed E-state index contributed by atoms with van der Waals surface area (Å²) in [7, 11) is -20.2. The minimum absolute atomic E-state index is 0. The quantitative estimate of drug-likeness (QED) is 0.178. The molecule has 0 aromatic heterocycles. The van der Waals surface area contributed by atoms with Crippen LogP contribution in [-0.2, 0) is 20.4 Å². The van der Waals surface area contributed by atoms with E-state index in [0.29, 0.717) is 0 Å². The van der Waals surface area contributed by atoms with Crippen LogP contribution in [0.25, 0.3) is 0 Å². The third kappa shape index (κ3) is 12.3. The zero-order valence-corrected chi connectivity index (χ0v) is 63.4. The molecular weight excluding hydrogens is 1080 g/mol. The average Bonchev–Trinajstić information content (AvgIpc) is 3.23. The number of benzene rings is 3. The molecule has 380 valence electrons. The monoisotopic (exact) mass is 1180 g/mol. The topological polar surface area (TPSA) is 0 Å². The van der Waals surface area contributed by atoms with Crippen molar-refractivity contribution in [3.8, 4) is 0 Å². The van der Waals surface area contributed by atoms with E-state index in [1.54, 1.807) is 67.3 Å². The first-order chi connectivity index (χ1) is 28.5. The Labute approximate surface area is 462 Å². The second-order valence-corrected chi connectivity index (χ2v) is 80.5. The number of hydrogen-bond donors (Lipinski definition) is 0. The zero-order valence-electron chi connectivity index (χ0n) is 49.6. The van der Waals surface area contributed by atoms with Crippen molar-refractivity contribution in [3.05, 3.63) is 57.0 Å². The van der Waals surface area contributed by atoms with Crippen LogP contribution in [0.2, 0.25) is 182 Å². The van der Waals surface area contributed by atoms with Crippen molar-refractivity contribution in [1.82, 2.24) is 0 Å². The van der Waals surface area contributed by atoms with Gasteiger partial charge in [0.15, 0.2) is 0 Å². The third-order valence-corrected chi connectivity index (χ3v) is 42.8. The molecule has 0 N–H and O–H groups in total. The van der Waals surface area contributed by atoms with Crippen molar-refractivity contribution in [2.24, 2.45) is 0 Å². The minimum Gasteiger partial charge on any atom is -1.00 e. The molecule has 0 radical (unpaired) electrons. The van der Waals surface area contributed by atoms with Crippen LogP contribution < -0.4 is 99.5 Å². The first-order valence-corrected chi connectivity index (χ1v) is 59.5. The summed E-state index contributed by atoms with van der Waals surface area (Å²) in [5.74, 6) is 0. The van der Waals surface area contributed by atoms with Crippen molar-refractivity contribution in [1.29, 1.82) is 0 Å². The molecule has 68 heavy (non-hydrogen) atoms. The van der Waals surface area contributed by atoms with Gasteiger partial charge in [-0.3, -0.25) is 0 Å². The van der Waals surface area contributed by atoms with Gasteiger partial charge in [-0.05, 0) is 0 Å². The molecule has 1 unspecified atom stereocenters. The first-order valence-electron chi connectivity index (χ1n) is 25.2. The van der Waals surface area contributed by atoms with Crippen LogP contribution in [0.4, 0.5) is 0 Å². The van der Waals surface area contributed by atoms with E-state index >= 15 is 0 Å². The number of hydrogen-bond acceptors (Lipinski definition) is 0. The Bertz CT molecular complexity index is 2190. The second-order valence-electron chi connectivity index (χ2n) is 30.2. The van der Waals surface area contributed by atoms with E-state index in [2.05, 4.69) is 261 Å². The van der Waals surface area contributed by atoms with Gasteiger partial charge < -0.3 is 37.2 Å². The van der Waals surface area contributed by atoms with E-state index in [0.717, 1.165) is 0 Å². The largest absolute Gasteiger partial charge is 1.00 e. The molecule has 1 aliphatic carbocycles.